The average Bonchev–Trinajstić information content (AvgIpc) is 2.95. The maximum absolute atomic E-state index is 5.61. The first kappa shape index (κ1) is 15.1. The molecule has 1 aromatic heterocycles. The zero-order chi connectivity index (χ0) is 16.1. The monoisotopic (exact) mass is 308 g/mol. The Hall–Kier alpha value is -2.82. The molecule has 3 aromatic rings. The Kier molecular flexibility index (Phi) is 4.57. The summed E-state index contributed by atoms with van der Waals surface area (Å²) in [7, 11) is 0. The predicted octanol–water partition coefficient (Wildman–Crippen LogP) is 4.11. The highest BCUT2D eigenvalue weighted by molar-refractivity contribution is 5.81. The van der Waals surface area contributed by atoms with E-state index in [2.05, 4.69) is 40.4 Å². The van der Waals surface area contributed by atoms with E-state index in [0.717, 1.165) is 35.4 Å². The predicted molar refractivity (Wildman–Crippen MR) is 94.3 cm³/mol. The van der Waals surface area contributed by atoms with Crippen LogP contribution in [0.1, 0.15) is 24.5 Å². The minimum absolute atomic E-state index is 0.625. The number of nitrogens with zero attached hydrogens (tertiary/aromatic N) is 2. The summed E-state index contributed by atoms with van der Waals surface area (Å²) in [5.41, 5.74) is 7.01. The molecule has 2 N–H and O–H groups in total. The van der Waals surface area contributed by atoms with Gasteiger partial charge in [0.25, 0.3) is 0 Å². The molecule has 5 nitrogen and oxygen atoms in total. The summed E-state index contributed by atoms with van der Waals surface area (Å²) in [4.78, 5) is 7.64. The van der Waals surface area contributed by atoms with Gasteiger partial charge in [0, 0.05) is 0 Å². The Morgan fingerprint density at radius 1 is 1.26 bits per heavy atom. The largest absolute Gasteiger partial charge is 0.494 e. The number of aromatic amines is 1. The van der Waals surface area contributed by atoms with Gasteiger partial charge >= 0.3 is 0 Å². The molecule has 2 aromatic carbocycles. The summed E-state index contributed by atoms with van der Waals surface area (Å²) in [5, 5.41) is 4.23. The van der Waals surface area contributed by atoms with Crippen molar-refractivity contribution in [2.45, 2.75) is 20.3 Å². The summed E-state index contributed by atoms with van der Waals surface area (Å²) < 4.78 is 5.61. The molecule has 3 rings (SSSR count). The van der Waals surface area contributed by atoms with Crippen molar-refractivity contribution in [3.8, 4) is 5.75 Å². The fourth-order valence-corrected chi connectivity index (χ4v) is 2.25. The zero-order valence-electron chi connectivity index (χ0n) is 13.3. The molecule has 0 amide bonds. The first-order valence-electron chi connectivity index (χ1n) is 7.73. The number of nitrogens with one attached hydrogen (secondary N) is 2. The summed E-state index contributed by atoms with van der Waals surface area (Å²) in [6.45, 7) is 4.86. The van der Waals surface area contributed by atoms with E-state index in [-0.39, 0.29) is 0 Å². The van der Waals surface area contributed by atoms with Gasteiger partial charge in [-0.15, -0.1) is 0 Å². The van der Waals surface area contributed by atoms with Crippen LogP contribution >= 0.6 is 0 Å². The van der Waals surface area contributed by atoms with Gasteiger partial charge in [-0.2, -0.15) is 5.10 Å². The third-order valence-electron chi connectivity index (χ3n) is 3.35. The highest BCUT2D eigenvalue weighted by atomic mass is 16.5. The maximum atomic E-state index is 5.61. The first-order valence-corrected chi connectivity index (χ1v) is 7.73. The van der Waals surface area contributed by atoms with Crippen LogP contribution in [-0.2, 0) is 0 Å². The topological polar surface area (TPSA) is 62.3 Å². The van der Waals surface area contributed by atoms with Crippen LogP contribution in [0.15, 0.2) is 47.6 Å². The van der Waals surface area contributed by atoms with Crippen LogP contribution in [0.25, 0.3) is 11.0 Å². The lowest BCUT2D eigenvalue weighted by molar-refractivity contribution is 0.317. The summed E-state index contributed by atoms with van der Waals surface area (Å²) in [6.07, 6.45) is 2.74. The molecule has 0 bridgehead atoms. The third kappa shape index (κ3) is 3.88. The van der Waals surface area contributed by atoms with Crippen LogP contribution in [0.2, 0.25) is 0 Å². The van der Waals surface area contributed by atoms with Gasteiger partial charge in [-0.05, 0) is 48.7 Å². The number of hydrogen-bond acceptors (Lipinski definition) is 4. The number of imidazole rings is 1. The van der Waals surface area contributed by atoms with Gasteiger partial charge in [-0.25, -0.2) is 10.4 Å². The number of benzene rings is 2. The molecule has 0 unspecified atom stereocenters. The van der Waals surface area contributed by atoms with Crippen molar-refractivity contribution in [2.75, 3.05) is 12.0 Å². The number of anilines is 1. The fourth-order valence-electron chi connectivity index (χ4n) is 2.25. The number of H-pyrrole nitrogens is 1. The van der Waals surface area contributed by atoms with Gasteiger partial charge in [-0.1, -0.05) is 25.1 Å². The fraction of sp³-hybridized carbons (Fsp3) is 0.222. The highest BCUT2D eigenvalue weighted by Crippen LogP contribution is 2.16. The van der Waals surface area contributed by atoms with E-state index in [1.54, 1.807) is 6.21 Å². The second-order valence-corrected chi connectivity index (χ2v) is 5.40. The molecule has 0 spiro atoms. The van der Waals surface area contributed by atoms with Crippen LogP contribution in [-0.4, -0.2) is 22.8 Å². The highest BCUT2D eigenvalue weighted by Gasteiger charge is 2.01. The quantitative estimate of drug-likeness (QED) is 0.532. The van der Waals surface area contributed by atoms with Crippen LogP contribution in [0.5, 0.6) is 5.75 Å². The van der Waals surface area contributed by atoms with Gasteiger partial charge < -0.3 is 9.72 Å². The summed E-state index contributed by atoms with van der Waals surface area (Å²) in [5.74, 6) is 1.48. The van der Waals surface area contributed by atoms with Crippen LogP contribution < -0.4 is 10.2 Å². The first-order chi connectivity index (χ1) is 11.2. The number of rotatable bonds is 6. The maximum Gasteiger partial charge on any atom is 0.222 e. The van der Waals surface area contributed by atoms with E-state index in [1.807, 2.05) is 36.4 Å². The lowest BCUT2D eigenvalue weighted by Gasteiger charge is -2.04. The molecular formula is C18H20N4O. The Labute approximate surface area is 135 Å². The molecule has 0 saturated heterocycles. The summed E-state index contributed by atoms with van der Waals surface area (Å²) in [6, 6.07) is 13.9. The van der Waals surface area contributed by atoms with Crippen molar-refractivity contribution < 1.29 is 4.74 Å². The van der Waals surface area contributed by atoms with Crippen molar-refractivity contribution in [3.63, 3.8) is 0 Å². The molecule has 23 heavy (non-hydrogen) atoms. The van der Waals surface area contributed by atoms with Crippen molar-refractivity contribution >= 4 is 23.2 Å². The Bertz CT molecular complexity index is 823. The molecule has 0 fully saturated rings. The molecule has 0 saturated carbocycles. The van der Waals surface area contributed by atoms with E-state index in [0.29, 0.717) is 5.95 Å². The van der Waals surface area contributed by atoms with Gasteiger partial charge in [-0.3, -0.25) is 0 Å². The van der Waals surface area contributed by atoms with Crippen molar-refractivity contribution in [1.82, 2.24) is 9.97 Å². The van der Waals surface area contributed by atoms with E-state index in [9.17, 15) is 0 Å². The van der Waals surface area contributed by atoms with Crippen molar-refractivity contribution in [3.05, 3.63) is 53.6 Å². The minimum Gasteiger partial charge on any atom is -0.494 e. The molecule has 0 radical (unpaired) electrons. The number of aromatic nitrogens is 2. The average molecular weight is 308 g/mol. The molecule has 0 aliphatic carbocycles. The number of aryl methyl sites for hydroxylation is 1. The molecule has 0 aliphatic heterocycles. The lowest BCUT2D eigenvalue weighted by Crippen LogP contribution is -1.96. The van der Waals surface area contributed by atoms with Crippen LogP contribution in [0, 0.1) is 6.92 Å². The molecule has 0 atom stereocenters. The SMILES string of the molecule is CCCOc1cccc(/C=N\Nc2nc3ccc(C)cc3[nH]2)c1. The smallest absolute Gasteiger partial charge is 0.222 e. The molecule has 1 heterocycles. The molecule has 5 heteroatoms. The number of hydrazone groups is 1. The Balaban J connectivity index is 1.67. The standard InChI is InChI=1S/C18H20N4O/c1-3-9-23-15-6-4-5-14(11-15)12-19-22-18-20-16-8-7-13(2)10-17(16)21-18/h4-8,10-12H,3,9H2,1-2H3,(H2,20,21,22)/b19-12-. The van der Waals surface area contributed by atoms with E-state index in [4.69, 9.17) is 4.74 Å². The number of hydrogen-bond donors (Lipinski definition) is 2. The normalized spacial score (nSPS) is 11.2. The van der Waals surface area contributed by atoms with Gasteiger partial charge in [0.15, 0.2) is 0 Å². The molecule has 118 valence electrons. The third-order valence-corrected chi connectivity index (χ3v) is 3.35. The number of fused-ring (bicyclic) bond motifs is 1. The molecule has 0 aliphatic rings. The van der Waals surface area contributed by atoms with Gasteiger partial charge in [0.1, 0.15) is 5.75 Å². The second-order valence-electron chi connectivity index (χ2n) is 5.40. The van der Waals surface area contributed by atoms with E-state index < -0.39 is 0 Å². The zero-order valence-corrected chi connectivity index (χ0v) is 13.3. The van der Waals surface area contributed by atoms with Gasteiger partial charge in [0.2, 0.25) is 5.95 Å². The second kappa shape index (κ2) is 6.96. The molecular weight excluding hydrogens is 288 g/mol. The van der Waals surface area contributed by atoms with Crippen LogP contribution in [0.4, 0.5) is 5.95 Å². The Morgan fingerprint density at radius 2 is 2.17 bits per heavy atom. The van der Waals surface area contributed by atoms with Crippen molar-refractivity contribution in [1.29, 1.82) is 0 Å². The lowest BCUT2D eigenvalue weighted by atomic mass is 10.2. The van der Waals surface area contributed by atoms with E-state index >= 15 is 0 Å². The van der Waals surface area contributed by atoms with Gasteiger partial charge in [0.05, 0.1) is 23.9 Å². The summed E-state index contributed by atoms with van der Waals surface area (Å²) >= 11 is 0. The number of ether oxygens (including phenoxy) is 1. The Morgan fingerprint density at radius 3 is 3.04 bits per heavy atom. The van der Waals surface area contributed by atoms with Crippen molar-refractivity contribution in [2.24, 2.45) is 5.10 Å². The van der Waals surface area contributed by atoms with Crippen LogP contribution in [0.3, 0.4) is 0 Å². The minimum atomic E-state index is 0.625. The van der Waals surface area contributed by atoms with E-state index in [1.165, 1.54) is 5.56 Å².